The van der Waals surface area contributed by atoms with Gasteiger partial charge in [-0.1, -0.05) is 35.7 Å². The molecule has 0 bridgehead atoms. The van der Waals surface area contributed by atoms with E-state index in [-0.39, 0.29) is 5.28 Å². The van der Waals surface area contributed by atoms with E-state index in [4.69, 9.17) is 18.0 Å². The Morgan fingerprint density at radius 2 is 1.80 bits per heavy atom. The van der Waals surface area contributed by atoms with Gasteiger partial charge in [0.05, 0.1) is 11.8 Å². The molecule has 0 aliphatic heterocycles. The smallest absolute Gasteiger partial charge is 0.224 e. The molecule has 0 amide bonds. The van der Waals surface area contributed by atoms with E-state index < -0.39 is 5.92 Å². The molecule has 0 saturated carbocycles. The molecule has 2 aromatic carbocycles. The lowest BCUT2D eigenvalue weighted by Crippen LogP contribution is -2.13. The van der Waals surface area contributed by atoms with Crippen molar-refractivity contribution in [3.05, 3.63) is 76.2 Å². The number of rotatable bonds is 6. The number of anilines is 2. The van der Waals surface area contributed by atoms with E-state index in [2.05, 4.69) is 83.4 Å². The molecule has 3 aromatic rings. The summed E-state index contributed by atoms with van der Waals surface area (Å²) in [6.45, 7) is 6.16. The van der Waals surface area contributed by atoms with Crippen LogP contribution in [0.25, 0.3) is 0 Å². The van der Waals surface area contributed by atoms with Gasteiger partial charge >= 0.3 is 0 Å². The lowest BCUT2D eigenvalue weighted by atomic mass is 9.96. The van der Waals surface area contributed by atoms with E-state index in [9.17, 15) is 5.26 Å². The molecular formula is C24H21ClN4S. The van der Waals surface area contributed by atoms with Crippen molar-refractivity contribution in [2.24, 2.45) is 5.92 Å². The second-order valence-electron chi connectivity index (χ2n) is 7.01. The van der Waals surface area contributed by atoms with E-state index in [0.717, 1.165) is 27.3 Å². The Hall–Kier alpha value is -2.99. The SMILES string of the molecule is C#CC(C#N)Cc1cc(C)c(N(Sc2ccc(C)cc2)c2ccnc(Cl)n2)c(C)c1. The molecule has 1 aromatic heterocycles. The number of nitrogens with zero attached hydrogens (tertiary/aromatic N) is 4. The van der Waals surface area contributed by atoms with Crippen LogP contribution in [0.4, 0.5) is 11.5 Å². The number of hydrogen-bond acceptors (Lipinski definition) is 5. The average molecular weight is 433 g/mol. The van der Waals surface area contributed by atoms with Gasteiger partial charge in [0, 0.05) is 17.2 Å². The Morgan fingerprint density at radius 3 is 2.37 bits per heavy atom. The van der Waals surface area contributed by atoms with Gasteiger partial charge in [0.2, 0.25) is 5.28 Å². The minimum Gasteiger partial charge on any atom is -0.263 e. The van der Waals surface area contributed by atoms with Gasteiger partial charge in [-0.25, -0.2) is 4.98 Å². The minimum absolute atomic E-state index is 0.194. The molecule has 30 heavy (non-hydrogen) atoms. The summed E-state index contributed by atoms with van der Waals surface area (Å²) in [5.74, 6) is 2.79. The molecule has 0 radical (unpaired) electrons. The van der Waals surface area contributed by atoms with Crippen LogP contribution < -0.4 is 4.31 Å². The molecular weight excluding hydrogens is 412 g/mol. The van der Waals surface area contributed by atoms with Crippen molar-refractivity contribution in [3.8, 4) is 18.4 Å². The highest BCUT2D eigenvalue weighted by Crippen LogP contribution is 2.40. The third-order valence-electron chi connectivity index (χ3n) is 4.59. The summed E-state index contributed by atoms with van der Waals surface area (Å²) in [5.41, 5.74) is 5.39. The Labute approximate surface area is 187 Å². The Balaban J connectivity index is 2.06. The van der Waals surface area contributed by atoms with Crippen molar-refractivity contribution in [2.45, 2.75) is 32.1 Å². The summed E-state index contributed by atoms with van der Waals surface area (Å²) >= 11 is 7.66. The highest BCUT2D eigenvalue weighted by molar-refractivity contribution is 8.01. The fraction of sp³-hybridized carbons (Fsp3) is 0.208. The molecule has 150 valence electrons. The van der Waals surface area contributed by atoms with Crippen LogP contribution >= 0.6 is 23.5 Å². The molecule has 1 unspecified atom stereocenters. The Kier molecular flexibility index (Phi) is 7.00. The van der Waals surface area contributed by atoms with Gasteiger partial charge in [-0.3, -0.25) is 4.31 Å². The first-order chi connectivity index (χ1) is 14.4. The number of hydrogen-bond donors (Lipinski definition) is 0. The summed E-state index contributed by atoms with van der Waals surface area (Å²) in [6, 6.07) is 16.5. The van der Waals surface area contributed by atoms with Gasteiger partial charge in [0.25, 0.3) is 0 Å². The molecule has 1 atom stereocenters. The van der Waals surface area contributed by atoms with Gasteiger partial charge in [-0.15, -0.1) is 6.42 Å². The van der Waals surface area contributed by atoms with Crippen LogP contribution in [-0.2, 0) is 6.42 Å². The molecule has 3 rings (SSSR count). The molecule has 1 heterocycles. The summed E-state index contributed by atoms with van der Waals surface area (Å²) in [7, 11) is 0. The molecule has 0 spiro atoms. The Morgan fingerprint density at radius 1 is 1.13 bits per heavy atom. The number of aromatic nitrogens is 2. The zero-order valence-electron chi connectivity index (χ0n) is 17.1. The standard InChI is InChI=1S/C24H21ClN4S/c1-5-19(15-26)14-20-12-17(3)23(18(4)13-20)29(22-10-11-27-24(25)28-22)30-21-8-6-16(2)7-9-21/h1,6-13,19H,14H2,2-4H3. The van der Waals surface area contributed by atoms with Gasteiger partial charge in [0.1, 0.15) is 11.7 Å². The first-order valence-electron chi connectivity index (χ1n) is 9.40. The van der Waals surface area contributed by atoms with Crippen LogP contribution in [0.1, 0.15) is 22.3 Å². The first-order valence-corrected chi connectivity index (χ1v) is 10.6. The molecule has 0 aliphatic carbocycles. The number of terminal acetylenes is 1. The van der Waals surface area contributed by atoms with Gasteiger partial charge in [-0.05, 0) is 79.6 Å². The lowest BCUT2D eigenvalue weighted by molar-refractivity contribution is 0.846. The third-order valence-corrected chi connectivity index (χ3v) is 5.81. The maximum atomic E-state index is 9.20. The lowest BCUT2D eigenvalue weighted by Gasteiger charge is -2.26. The maximum absolute atomic E-state index is 9.20. The normalized spacial score (nSPS) is 11.4. The van der Waals surface area contributed by atoms with Crippen LogP contribution in [0.2, 0.25) is 5.28 Å². The third kappa shape index (κ3) is 5.13. The molecule has 0 saturated heterocycles. The van der Waals surface area contributed by atoms with E-state index in [0.29, 0.717) is 12.2 Å². The van der Waals surface area contributed by atoms with Crippen LogP contribution in [-0.4, -0.2) is 9.97 Å². The number of benzene rings is 2. The van der Waals surface area contributed by atoms with Crippen LogP contribution in [0, 0.1) is 50.4 Å². The largest absolute Gasteiger partial charge is 0.263 e. The predicted molar refractivity (Wildman–Crippen MR) is 124 cm³/mol. The van der Waals surface area contributed by atoms with Gasteiger partial charge in [0.15, 0.2) is 0 Å². The molecule has 4 nitrogen and oxygen atoms in total. The minimum atomic E-state index is -0.437. The van der Waals surface area contributed by atoms with Crippen molar-refractivity contribution in [3.63, 3.8) is 0 Å². The molecule has 0 aliphatic rings. The zero-order chi connectivity index (χ0) is 21.7. The second-order valence-corrected chi connectivity index (χ2v) is 8.37. The van der Waals surface area contributed by atoms with Crippen LogP contribution in [0.5, 0.6) is 0 Å². The van der Waals surface area contributed by atoms with Crippen molar-refractivity contribution in [1.82, 2.24) is 9.97 Å². The second kappa shape index (κ2) is 9.67. The summed E-state index contributed by atoms with van der Waals surface area (Å²) < 4.78 is 2.07. The van der Waals surface area contributed by atoms with Crippen LogP contribution in [0.3, 0.4) is 0 Å². The fourth-order valence-electron chi connectivity index (χ4n) is 3.21. The van der Waals surface area contributed by atoms with E-state index in [1.165, 1.54) is 5.56 Å². The van der Waals surface area contributed by atoms with Gasteiger partial charge < -0.3 is 0 Å². The van der Waals surface area contributed by atoms with E-state index >= 15 is 0 Å². The van der Waals surface area contributed by atoms with E-state index in [1.54, 1.807) is 18.1 Å². The summed E-state index contributed by atoms with van der Waals surface area (Å²) in [5, 5.41) is 9.39. The van der Waals surface area contributed by atoms with Crippen molar-refractivity contribution in [1.29, 1.82) is 5.26 Å². The summed E-state index contributed by atoms with van der Waals surface area (Å²) in [6.07, 6.45) is 7.64. The number of halogens is 1. The van der Waals surface area contributed by atoms with Crippen molar-refractivity contribution in [2.75, 3.05) is 4.31 Å². The highest BCUT2D eigenvalue weighted by Gasteiger charge is 2.19. The number of aryl methyl sites for hydroxylation is 3. The highest BCUT2D eigenvalue weighted by atomic mass is 35.5. The topological polar surface area (TPSA) is 52.8 Å². The molecule has 0 fully saturated rings. The number of nitriles is 1. The van der Waals surface area contributed by atoms with Crippen molar-refractivity contribution >= 4 is 35.1 Å². The first kappa shape index (κ1) is 21.7. The quantitative estimate of drug-likeness (QED) is 0.263. The maximum Gasteiger partial charge on any atom is 0.224 e. The average Bonchev–Trinajstić information content (AvgIpc) is 2.72. The molecule has 6 heteroatoms. The fourth-order valence-corrected chi connectivity index (χ4v) is 4.40. The Bertz CT molecular complexity index is 1090. The zero-order valence-corrected chi connectivity index (χ0v) is 18.6. The molecule has 0 N–H and O–H groups in total. The van der Waals surface area contributed by atoms with E-state index in [1.807, 2.05) is 6.07 Å². The van der Waals surface area contributed by atoms with Crippen LogP contribution in [0.15, 0.2) is 53.6 Å². The summed E-state index contributed by atoms with van der Waals surface area (Å²) in [4.78, 5) is 9.53. The van der Waals surface area contributed by atoms with Crippen molar-refractivity contribution < 1.29 is 0 Å². The monoisotopic (exact) mass is 432 g/mol. The predicted octanol–water partition coefficient (Wildman–Crippen LogP) is 6.22. The van der Waals surface area contributed by atoms with Gasteiger partial charge in [-0.2, -0.15) is 10.2 Å².